The topological polar surface area (TPSA) is 40.9 Å². The van der Waals surface area contributed by atoms with Crippen LogP contribution >= 0.6 is 0 Å². The lowest BCUT2D eigenvalue weighted by Crippen LogP contribution is -1.60. The first-order valence-electron chi connectivity index (χ1n) is 1.22. The van der Waals surface area contributed by atoms with Gasteiger partial charge in [-0.1, -0.05) is 0 Å². The Bertz CT molecular complexity index is 61.8. The molecule has 0 amide bonds. The molecule has 0 radical (unpaired) electrons. The zero-order valence-electron chi connectivity index (χ0n) is 2.64. The summed E-state index contributed by atoms with van der Waals surface area (Å²) in [4.78, 5) is 9.18. The van der Waals surface area contributed by atoms with E-state index in [-0.39, 0.29) is 6.42 Å². The number of carbonyl (C=O) groups excluding carboxylic acids is 1. The van der Waals surface area contributed by atoms with Gasteiger partial charge in [-0.15, -0.1) is 0 Å². The molecular weight excluding hydrogens is 66.0 g/mol. The van der Waals surface area contributed by atoms with Crippen molar-refractivity contribution < 1.29 is 4.79 Å². The quantitative estimate of drug-likeness (QED) is 0.410. The van der Waals surface area contributed by atoms with Crippen molar-refractivity contribution in [1.82, 2.24) is 0 Å². The largest absolute Gasteiger partial charge is 0.302 e. The summed E-state index contributed by atoms with van der Waals surface area (Å²) >= 11 is 0. The van der Waals surface area contributed by atoms with E-state index in [2.05, 4.69) is 0 Å². The third kappa shape index (κ3) is 3.16. The Kier molecular flexibility index (Phi) is 2.63. The van der Waals surface area contributed by atoms with Gasteiger partial charge in [0.1, 0.15) is 6.29 Å². The van der Waals surface area contributed by atoms with Gasteiger partial charge in [-0.25, -0.2) is 0 Å². The Morgan fingerprint density at radius 2 is 2.60 bits per heavy atom. The molecule has 0 aliphatic rings. The molecule has 0 aromatic rings. The molecule has 0 aromatic heterocycles. The minimum atomic E-state index is 0.0139. The van der Waals surface area contributed by atoms with E-state index in [9.17, 15) is 4.79 Å². The van der Waals surface area contributed by atoms with E-state index in [0.29, 0.717) is 6.29 Å². The number of carbonyl (C=O) groups is 1. The summed E-state index contributed by atoms with van der Waals surface area (Å²) in [5.74, 6) is 0. The Hall–Kier alpha value is -0.840. The second kappa shape index (κ2) is 3.16. The number of nitriles is 1. The van der Waals surface area contributed by atoms with E-state index in [0.717, 1.165) is 0 Å². The van der Waals surface area contributed by atoms with E-state index in [1.807, 2.05) is 0 Å². The van der Waals surface area contributed by atoms with Crippen LogP contribution in [0.2, 0.25) is 0 Å². The molecule has 2 nitrogen and oxygen atoms in total. The van der Waals surface area contributed by atoms with Crippen LogP contribution in [0.4, 0.5) is 0 Å². The van der Waals surface area contributed by atoms with Gasteiger partial charge in [0.2, 0.25) is 0 Å². The zero-order valence-corrected chi connectivity index (χ0v) is 2.64. The lowest BCUT2D eigenvalue weighted by atomic mass is 10.5. The van der Waals surface area contributed by atoms with Crippen LogP contribution in [0.5, 0.6) is 0 Å². The highest BCUT2D eigenvalue weighted by Crippen LogP contribution is 1.55. The van der Waals surface area contributed by atoms with Crippen LogP contribution in [-0.4, -0.2) is 6.29 Å². The van der Waals surface area contributed by atoms with Crippen LogP contribution in [0.25, 0.3) is 0 Å². The summed E-state index contributed by atoms with van der Waals surface area (Å²) in [6, 6.07) is 1.65. The van der Waals surface area contributed by atoms with Crippen LogP contribution < -0.4 is 0 Å². The Morgan fingerprint density at radius 1 is 2.00 bits per heavy atom. The van der Waals surface area contributed by atoms with Gasteiger partial charge in [-0.3, -0.25) is 0 Å². The second-order valence-corrected chi connectivity index (χ2v) is 0.529. The molecule has 26 valence electrons. The Morgan fingerprint density at radius 3 is 2.60 bits per heavy atom. The maximum atomic E-state index is 9.18. The van der Waals surface area contributed by atoms with Gasteiger partial charge in [0.05, 0.1) is 12.5 Å². The van der Waals surface area contributed by atoms with E-state index in [1.54, 1.807) is 6.07 Å². The Balaban J connectivity index is 2.75. The van der Waals surface area contributed by atoms with E-state index >= 15 is 0 Å². The van der Waals surface area contributed by atoms with Crippen molar-refractivity contribution in [2.24, 2.45) is 0 Å². The highest BCUT2D eigenvalue weighted by atomic mass is 16.1. The number of hydrogen-bond donors (Lipinski definition) is 0. The highest BCUT2D eigenvalue weighted by molar-refractivity contribution is 5.52. The number of hydrogen-bond acceptors (Lipinski definition) is 2. The molecule has 0 atom stereocenters. The van der Waals surface area contributed by atoms with Crippen molar-refractivity contribution in [3.05, 3.63) is 0 Å². The van der Waals surface area contributed by atoms with Gasteiger partial charge < -0.3 is 4.79 Å². The lowest BCUT2D eigenvalue weighted by Gasteiger charge is -1.50. The molecule has 0 aromatic carbocycles. The third-order valence-corrected chi connectivity index (χ3v) is 0.175. The zero-order chi connectivity index (χ0) is 4.12. The molecule has 0 fully saturated rings. The maximum absolute atomic E-state index is 9.18. The van der Waals surface area contributed by atoms with Gasteiger partial charge in [-0.2, -0.15) is 5.26 Å². The first kappa shape index (κ1) is 4.16. The summed E-state index contributed by atoms with van der Waals surface area (Å²) in [6.45, 7) is 0. The predicted molar refractivity (Wildman–Crippen MR) is 16.3 cm³/mol. The fourth-order valence-corrected chi connectivity index (χ4v) is 0.0373. The fraction of sp³-hybridized carbons (Fsp3) is 0.333. The van der Waals surface area contributed by atoms with Crippen molar-refractivity contribution in [2.45, 2.75) is 6.42 Å². The molecule has 0 unspecified atom stereocenters. The highest BCUT2D eigenvalue weighted by Gasteiger charge is 1.63. The van der Waals surface area contributed by atoms with Gasteiger partial charge in [0.25, 0.3) is 0 Å². The molecule has 0 heterocycles. The van der Waals surface area contributed by atoms with Crippen molar-refractivity contribution in [1.29, 1.82) is 5.26 Å². The smallest absolute Gasteiger partial charge is 0.134 e. The second-order valence-electron chi connectivity index (χ2n) is 0.529. The molecule has 5 heavy (non-hydrogen) atoms. The first-order chi connectivity index (χ1) is 2.41. The predicted octanol–water partition coefficient (Wildman–Crippen LogP) is 0.0990. The SMILES string of the molecule is N#CCC=O. The number of aldehydes is 1. The van der Waals surface area contributed by atoms with Crippen LogP contribution in [0.1, 0.15) is 6.42 Å². The van der Waals surface area contributed by atoms with Gasteiger partial charge in [0, 0.05) is 0 Å². The van der Waals surface area contributed by atoms with Crippen LogP contribution in [0.15, 0.2) is 0 Å². The molecular formula is C3H3NO. The van der Waals surface area contributed by atoms with Crippen molar-refractivity contribution in [3.8, 4) is 6.07 Å². The molecule has 0 aliphatic carbocycles. The normalized spacial score (nSPS) is 5.40. The minimum Gasteiger partial charge on any atom is -0.302 e. The summed E-state index contributed by atoms with van der Waals surface area (Å²) in [6.07, 6.45) is 0.583. The third-order valence-electron chi connectivity index (χ3n) is 0.175. The summed E-state index contributed by atoms with van der Waals surface area (Å²) in [5, 5.41) is 7.58. The molecule has 0 saturated heterocycles. The average Bonchev–Trinajstić information content (AvgIpc) is 1.41. The summed E-state index contributed by atoms with van der Waals surface area (Å²) < 4.78 is 0. The first-order valence-corrected chi connectivity index (χ1v) is 1.22. The van der Waals surface area contributed by atoms with Gasteiger partial charge in [-0.05, 0) is 0 Å². The maximum Gasteiger partial charge on any atom is 0.134 e. The summed E-state index contributed by atoms with van der Waals surface area (Å²) in [5.41, 5.74) is 0. The van der Waals surface area contributed by atoms with E-state index in [1.165, 1.54) is 0 Å². The van der Waals surface area contributed by atoms with Crippen molar-refractivity contribution in [2.75, 3.05) is 0 Å². The van der Waals surface area contributed by atoms with E-state index < -0.39 is 0 Å². The molecule has 0 bridgehead atoms. The molecule has 0 saturated carbocycles. The molecule has 0 rings (SSSR count). The number of nitrogens with zero attached hydrogens (tertiary/aromatic N) is 1. The lowest BCUT2D eigenvalue weighted by molar-refractivity contribution is -0.107. The molecule has 0 N–H and O–H groups in total. The molecule has 0 spiro atoms. The Labute approximate surface area is 30.0 Å². The van der Waals surface area contributed by atoms with Crippen LogP contribution in [-0.2, 0) is 4.79 Å². The van der Waals surface area contributed by atoms with Crippen molar-refractivity contribution >= 4 is 6.29 Å². The number of rotatable bonds is 1. The monoisotopic (exact) mass is 69.0 g/mol. The van der Waals surface area contributed by atoms with Crippen LogP contribution in [0, 0.1) is 11.3 Å². The average molecular weight is 69.1 g/mol. The van der Waals surface area contributed by atoms with E-state index in [4.69, 9.17) is 5.26 Å². The van der Waals surface area contributed by atoms with Crippen LogP contribution in [0.3, 0.4) is 0 Å². The summed E-state index contributed by atoms with van der Waals surface area (Å²) in [7, 11) is 0. The molecule has 2 heteroatoms. The minimum absolute atomic E-state index is 0.0139. The van der Waals surface area contributed by atoms with Crippen molar-refractivity contribution in [3.63, 3.8) is 0 Å². The van der Waals surface area contributed by atoms with Gasteiger partial charge >= 0.3 is 0 Å². The standard InChI is InChI=1S/C3H3NO/c4-2-1-3-5/h3H,1H2. The molecule has 0 aliphatic heterocycles. The fourth-order valence-electron chi connectivity index (χ4n) is 0.0373. The van der Waals surface area contributed by atoms with Gasteiger partial charge in [0.15, 0.2) is 0 Å².